The van der Waals surface area contributed by atoms with Gasteiger partial charge in [0.1, 0.15) is 5.75 Å². The highest BCUT2D eigenvalue weighted by atomic mass is 16.5. The SMILES string of the molecule is CN1CCC2(CCC(Oc3ccncc3)CC2)CC1. The molecule has 2 aliphatic rings. The van der Waals surface area contributed by atoms with Crippen molar-refractivity contribution in [1.29, 1.82) is 0 Å². The van der Waals surface area contributed by atoms with E-state index in [9.17, 15) is 0 Å². The predicted molar refractivity (Wildman–Crippen MR) is 76.3 cm³/mol. The van der Waals surface area contributed by atoms with Gasteiger partial charge in [0.25, 0.3) is 0 Å². The van der Waals surface area contributed by atoms with E-state index in [1.54, 1.807) is 12.4 Å². The number of rotatable bonds is 2. The fraction of sp³-hybridized carbons (Fsp3) is 0.688. The third kappa shape index (κ3) is 3.08. The standard InChI is InChI=1S/C16H24N2O/c1-18-12-8-16(9-13-18)6-2-14(3-7-16)19-15-4-10-17-11-5-15/h4-5,10-11,14H,2-3,6-9,12-13H2,1H3. The van der Waals surface area contributed by atoms with Gasteiger partial charge in [0, 0.05) is 12.4 Å². The monoisotopic (exact) mass is 260 g/mol. The molecule has 1 spiro atoms. The molecule has 2 heterocycles. The van der Waals surface area contributed by atoms with E-state index >= 15 is 0 Å². The van der Waals surface area contributed by atoms with Crippen molar-refractivity contribution in [2.24, 2.45) is 5.41 Å². The second-order valence-corrected chi connectivity index (χ2v) is 6.30. The first-order valence-corrected chi connectivity index (χ1v) is 7.51. The average Bonchev–Trinajstić information content (AvgIpc) is 2.46. The van der Waals surface area contributed by atoms with Gasteiger partial charge in [-0.15, -0.1) is 0 Å². The van der Waals surface area contributed by atoms with Crippen LogP contribution in [0, 0.1) is 5.41 Å². The molecule has 1 aromatic heterocycles. The zero-order valence-corrected chi connectivity index (χ0v) is 11.8. The van der Waals surface area contributed by atoms with Crippen LogP contribution in [0.1, 0.15) is 38.5 Å². The fourth-order valence-corrected chi connectivity index (χ4v) is 3.52. The minimum atomic E-state index is 0.410. The Balaban J connectivity index is 1.52. The van der Waals surface area contributed by atoms with Crippen molar-refractivity contribution in [2.45, 2.75) is 44.6 Å². The van der Waals surface area contributed by atoms with Crippen molar-refractivity contribution in [3.05, 3.63) is 24.5 Å². The van der Waals surface area contributed by atoms with Crippen molar-refractivity contribution in [3.63, 3.8) is 0 Å². The molecule has 0 atom stereocenters. The van der Waals surface area contributed by atoms with Crippen LogP contribution in [0.25, 0.3) is 0 Å². The molecular weight excluding hydrogens is 236 g/mol. The zero-order chi connectivity index (χ0) is 13.1. The topological polar surface area (TPSA) is 25.4 Å². The van der Waals surface area contributed by atoms with Crippen LogP contribution in [0.2, 0.25) is 0 Å². The van der Waals surface area contributed by atoms with Crippen LogP contribution < -0.4 is 4.74 Å². The molecular formula is C16H24N2O. The summed E-state index contributed by atoms with van der Waals surface area (Å²) in [4.78, 5) is 6.49. The van der Waals surface area contributed by atoms with Crippen molar-refractivity contribution in [2.75, 3.05) is 20.1 Å². The maximum Gasteiger partial charge on any atom is 0.122 e. The highest BCUT2D eigenvalue weighted by molar-refractivity contribution is 5.17. The summed E-state index contributed by atoms with van der Waals surface area (Å²) in [6.45, 7) is 2.55. The smallest absolute Gasteiger partial charge is 0.122 e. The molecule has 1 aliphatic carbocycles. The molecule has 0 aromatic carbocycles. The number of hydrogen-bond donors (Lipinski definition) is 0. The first kappa shape index (κ1) is 12.9. The van der Waals surface area contributed by atoms with Gasteiger partial charge < -0.3 is 9.64 Å². The molecule has 1 aliphatic heterocycles. The molecule has 3 nitrogen and oxygen atoms in total. The molecule has 19 heavy (non-hydrogen) atoms. The minimum absolute atomic E-state index is 0.410. The second kappa shape index (κ2) is 5.49. The lowest BCUT2D eigenvalue weighted by Gasteiger charge is -2.45. The number of nitrogens with zero attached hydrogens (tertiary/aromatic N) is 2. The van der Waals surface area contributed by atoms with Crippen molar-refractivity contribution in [3.8, 4) is 5.75 Å². The first-order chi connectivity index (χ1) is 9.26. The summed E-state index contributed by atoms with van der Waals surface area (Å²) in [6, 6.07) is 3.92. The Hall–Kier alpha value is -1.09. The van der Waals surface area contributed by atoms with E-state index in [0.717, 1.165) is 5.75 Å². The number of ether oxygens (including phenoxy) is 1. The van der Waals surface area contributed by atoms with E-state index < -0.39 is 0 Å². The fourth-order valence-electron chi connectivity index (χ4n) is 3.52. The van der Waals surface area contributed by atoms with Gasteiger partial charge in [-0.3, -0.25) is 4.98 Å². The molecule has 1 saturated carbocycles. The van der Waals surface area contributed by atoms with Crippen LogP contribution in [0.15, 0.2) is 24.5 Å². The van der Waals surface area contributed by atoms with Gasteiger partial charge in [-0.1, -0.05) is 0 Å². The van der Waals surface area contributed by atoms with E-state index in [0.29, 0.717) is 11.5 Å². The Morgan fingerprint density at radius 2 is 1.74 bits per heavy atom. The molecule has 1 saturated heterocycles. The lowest BCUT2D eigenvalue weighted by atomic mass is 9.67. The molecule has 0 radical (unpaired) electrons. The maximum absolute atomic E-state index is 6.06. The normalized spacial score (nSPS) is 24.5. The number of likely N-dealkylation sites (tertiary alicyclic amines) is 1. The summed E-state index contributed by atoms with van der Waals surface area (Å²) in [5.41, 5.74) is 0.630. The van der Waals surface area contributed by atoms with E-state index in [-0.39, 0.29) is 0 Å². The third-order valence-corrected chi connectivity index (χ3v) is 4.99. The van der Waals surface area contributed by atoms with E-state index in [1.165, 1.54) is 51.6 Å². The predicted octanol–water partition coefficient (Wildman–Crippen LogP) is 3.12. The molecule has 2 fully saturated rings. The van der Waals surface area contributed by atoms with Gasteiger partial charge in [-0.2, -0.15) is 0 Å². The van der Waals surface area contributed by atoms with Crippen LogP contribution in [-0.2, 0) is 0 Å². The van der Waals surface area contributed by atoms with Gasteiger partial charge in [-0.05, 0) is 76.2 Å². The quantitative estimate of drug-likeness (QED) is 0.817. The second-order valence-electron chi connectivity index (χ2n) is 6.30. The largest absolute Gasteiger partial charge is 0.490 e. The van der Waals surface area contributed by atoms with Crippen molar-refractivity contribution >= 4 is 0 Å². The molecule has 0 amide bonds. The summed E-state index contributed by atoms with van der Waals surface area (Å²) < 4.78 is 6.06. The first-order valence-electron chi connectivity index (χ1n) is 7.51. The molecule has 0 bridgehead atoms. The number of hydrogen-bond acceptors (Lipinski definition) is 3. The Morgan fingerprint density at radius 3 is 2.37 bits per heavy atom. The number of aromatic nitrogens is 1. The molecule has 0 N–H and O–H groups in total. The van der Waals surface area contributed by atoms with E-state index in [2.05, 4.69) is 16.9 Å². The Morgan fingerprint density at radius 1 is 1.11 bits per heavy atom. The molecule has 104 valence electrons. The lowest BCUT2D eigenvalue weighted by Crippen LogP contribution is -2.41. The Labute approximate surface area is 116 Å². The van der Waals surface area contributed by atoms with Gasteiger partial charge >= 0.3 is 0 Å². The van der Waals surface area contributed by atoms with Crippen LogP contribution in [0.4, 0.5) is 0 Å². The van der Waals surface area contributed by atoms with Gasteiger partial charge in [0.2, 0.25) is 0 Å². The van der Waals surface area contributed by atoms with Crippen LogP contribution in [0.5, 0.6) is 5.75 Å². The minimum Gasteiger partial charge on any atom is -0.490 e. The summed E-state index contributed by atoms with van der Waals surface area (Å²) in [5.74, 6) is 0.972. The van der Waals surface area contributed by atoms with Crippen LogP contribution >= 0.6 is 0 Å². The highest BCUT2D eigenvalue weighted by Crippen LogP contribution is 2.45. The lowest BCUT2D eigenvalue weighted by molar-refractivity contribution is 0.0327. The summed E-state index contributed by atoms with van der Waals surface area (Å²) >= 11 is 0. The highest BCUT2D eigenvalue weighted by Gasteiger charge is 2.37. The number of piperidine rings is 1. The van der Waals surface area contributed by atoms with Gasteiger partial charge in [-0.25, -0.2) is 0 Å². The summed E-state index contributed by atoms with van der Waals surface area (Å²) in [5, 5.41) is 0. The van der Waals surface area contributed by atoms with Gasteiger partial charge in [0.15, 0.2) is 0 Å². The molecule has 3 rings (SSSR count). The van der Waals surface area contributed by atoms with Gasteiger partial charge in [0.05, 0.1) is 6.10 Å². The molecule has 3 heteroatoms. The summed E-state index contributed by atoms with van der Waals surface area (Å²) in [6.07, 6.45) is 11.9. The third-order valence-electron chi connectivity index (χ3n) is 4.99. The Bertz CT molecular complexity index is 388. The number of pyridine rings is 1. The van der Waals surface area contributed by atoms with Crippen molar-refractivity contribution in [1.82, 2.24) is 9.88 Å². The zero-order valence-electron chi connectivity index (χ0n) is 11.8. The average molecular weight is 260 g/mol. The van der Waals surface area contributed by atoms with Crippen molar-refractivity contribution < 1.29 is 4.74 Å². The maximum atomic E-state index is 6.06. The van der Waals surface area contributed by atoms with Crippen LogP contribution in [-0.4, -0.2) is 36.1 Å². The molecule has 1 aromatic rings. The van der Waals surface area contributed by atoms with Crippen LogP contribution in [0.3, 0.4) is 0 Å². The Kier molecular flexibility index (Phi) is 3.74. The molecule has 0 unspecified atom stereocenters. The van der Waals surface area contributed by atoms with E-state index in [4.69, 9.17) is 4.74 Å². The van der Waals surface area contributed by atoms with E-state index in [1.807, 2.05) is 12.1 Å². The summed E-state index contributed by atoms with van der Waals surface area (Å²) in [7, 11) is 2.24.